The predicted molar refractivity (Wildman–Crippen MR) is 87.5 cm³/mol. The lowest BCUT2D eigenvalue weighted by molar-refractivity contribution is 0.282. The van der Waals surface area contributed by atoms with E-state index < -0.39 is 0 Å². The third-order valence-corrected chi connectivity index (χ3v) is 4.59. The number of benzene rings is 1. The highest BCUT2D eigenvalue weighted by molar-refractivity contribution is 5.85. The van der Waals surface area contributed by atoms with E-state index in [4.69, 9.17) is 5.11 Å². The van der Waals surface area contributed by atoms with Crippen molar-refractivity contribution in [2.45, 2.75) is 51.0 Å². The summed E-state index contributed by atoms with van der Waals surface area (Å²) in [6.07, 6.45) is 8.20. The fourth-order valence-corrected chi connectivity index (χ4v) is 3.49. The molecule has 1 aliphatic rings. The molecule has 0 aliphatic heterocycles. The van der Waals surface area contributed by atoms with Gasteiger partial charge in [-0.15, -0.1) is 0 Å². The van der Waals surface area contributed by atoms with Crippen LogP contribution in [0.2, 0.25) is 0 Å². The van der Waals surface area contributed by atoms with Crippen LogP contribution in [-0.2, 0) is 6.42 Å². The molecule has 0 saturated carbocycles. The predicted octanol–water partition coefficient (Wildman–Crippen LogP) is 3.69. The maximum atomic E-state index is 8.79. The summed E-state index contributed by atoms with van der Waals surface area (Å²) in [7, 11) is 0. The summed E-state index contributed by atoms with van der Waals surface area (Å²) in [6.45, 7) is 1.40. The second kappa shape index (κ2) is 7.10. The quantitative estimate of drug-likeness (QED) is 0.680. The number of unbranched alkanes of at least 4 members (excludes halogenated alkanes) is 3. The average Bonchev–Trinajstić information content (AvgIpc) is 2.90. The SMILES string of the molecule is OCCCCCCNC1CCCc2c1[nH]c1ccccc21. The Bertz CT molecular complexity index is 576. The summed E-state index contributed by atoms with van der Waals surface area (Å²) in [5.74, 6) is 0. The number of aryl methyl sites for hydroxylation is 1. The van der Waals surface area contributed by atoms with Gasteiger partial charge in [-0.05, 0) is 50.3 Å². The van der Waals surface area contributed by atoms with E-state index in [1.165, 1.54) is 54.3 Å². The Hall–Kier alpha value is -1.32. The van der Waals surface area contributed by atoms with E-state index in [9.17, 15) is 0 Å². The summed E-state index contributed by atoms with van der Waals surface area (Å²) in [5.41, 5.74) is 4.21. The van der Waals surface area contributed by atoms with E-state index in [1.807, 2.05) is 0 Å². The van der Waals surface area contributed by atoms with E-state index in [0.29, 0.717) is 12.6 Å². The number of H-pyrrole nitrogens is 1. The molecule has 114 valence electrons. The van der Waals surface area contributed by atoms with Gasteiger partial charge in [-0.25, -0.2) is 0 Å². The van der Waals surface area contributed by atoms with E-state index in [-0.39, 0.29) is 0 Å². The standard InChI is InChI=1S/C18H26N2O/c21-13-6-2-1-5-12-19-17-11-7-9-15-14-8-3-4-10-16(14)20-18(15)17/h3-4,8,10,17,19-21H,1-2,5-7,9,11-13H2. The van der Waals surface area contributed by atoms with Crippen molar-refractivity contribution in [3.05, 3.63) is 35.5 Å². The molecule has 0 spiro atoms. The highest BCUT2D eigenvalue weighted by Gasteiger charge is 2.23. The lowest BCUT2D eigenvalue weighted by Gasteiger charge is -2.24. The zero-order chi connectivity index (χ0) is 14.5. The van der Waals surface area contributed by atoms with Crippen LogP contribution in [0.5, 0.6) is 0 Å². The fraction of sp³-hybridized carbons (Fsp3) is 0.556. The highest BCUT2D eigenvalue weighted by Crippen LogP contribution is 2.34. The van der Waals surface area contributed by atoms with Gasteiger partial charge in [-0.1, -0.05) is 31.0 Å². The molecule has 3 nitrogen and oxygen atoms in total. The van der Waals surface area contributed by atoms with Crippen molar-refractivity contribution in [2.75, 3.05) is 13.2 Å². The van der Waals surface area contributed by atoms with Gasteiger partial charge in [-0.2, -0.15) is 0 Å². The molecular weight excluding hydrogens is 260 g/mol. The van der Waals surface area contributed by atoms with Gasteiger partial charge in [0, 0.05) is 29.2 Å². The lowest BCUT2D eigenvalue weighted by atomic mass is 9.91. The zero-order valence-electron chi connectivity index (χ0n) is 12.7. The van der Waals surface area contributed by atoms with Gasteiger partial charge < -0.3 is 15.4 Å². The lowest BCUT2D eigenvalue weighted by Crippen LogP contribution is -2.26. The third-order valence-electron chi connectivity index (χ3n) is 4.59. The van der Waals surface area contributed by atoms with Crippen molar-refractivity contribution >= 4 is 10.9 Å². The Morgan fingerprint density at radius 3 is 2.90 bits per heavy atom. The first-order valence-corrected chi connectivity index (χ1v) is 8.34. The van der Waals surface area contributed by atoms with Crippen LogP contribution >= 0.6 is 0 Å². The minimum absolute atomic E-state index is 0.328. The van der Waals surface area contributed by atoms with Gasteiger partial charge in [0.1, 0.15) is 0 Å². The van der Waals surface area contributed by atoms with Crippen LogP contribution in [-0.4, -0.2) is 23.2 Å². The number of rotatable bonds is 7. The van der Waals surface area contributed by atoms with Gasteiger partial charge in [0.15, 0.2) is 0 Å². The van der Waals surface area contributed by atoms with Gasteiger partial charge in [-0.3, -0.25) is 0 Å². The molecular formula is C18H26N2O. The molecule has 1 heterocycles. The monoisotopic (exact) mass is 286 g/mol. The molecule has 0 amide bonds. The Balaban J connectivity index is 1.61. The molecule has 1 unspecified atom stereocenters. The molecule has 1 aromatic carbocycles. The second-order valence-electron chi connectivity index (χ2n) is 6.10. The number of para-hydroxylation sites is 1. The van der Waals surface area contributed by atoms with Crippen molar-refractivity contribution in [3.8, 4) is 0 Å². The van der Waals surface area contributed by atoms with E-state index >= 15 is 0 Å². The molecule has 0 saturated heterocycles. The van der Waals surface area contributed by atoms with Crippen molar-refractivity contribution in [2.24, 2.45) is 0 Å². The first kappa shape index (κ1) is 14.6. The molecule has 0 bridgehead atoms. The zero-order valence-corrected chi connectivity index (χ0v) is 12.7. The van der Waals surface area contributed by atoms with Crippen molar-refractivity contribution in [1.82, 2.24) is 10.3 Å². The Kier molecular flexibility index (Phi) is 4.94. The number of aromatic amines is 1. The topological polar surface area (TPSA) is 48.0 Å². The summed E-state index contributed by atoms with van der Waals surface area (Å²) in [5, 5.41) is 13.9. The maximum Gasteiger partial charge on any atom is 0.0476 e. The largest absolute Gasteiger partial charge is 0.396 e. The second-order valence-corrected chi connectivity index (χ2v) is 6.10. The van der Waals surface area contributed by atoms with Crippen LogP contribution in [0, 0.1) is 0 Å². The van der Waals surface area contributed by atoms with Crippen LogP contribution in [0.1, 0.15) is 55.8 Å². The smallest absolute Gasteiger partial charge is 0.0476 e. The molecule has 1 aromatic heterocycles. The summed E-state index contributed by atoms with van der Waals surface area (Å²) in [4.78, 5) is 3.63. The van der Waals surface area contributed by atoms with Crippen LogP contribution in [0.25, 0.3) is 10.9 Å². The molecule has 1 atom stereocenters. The number of hydrogen-bond donors (Lipinski definition) is 3. The van der Waals surface area contributed by atoms with E-state index in [1.54, 1.807) is 0 Å². The molecule has 3 rings (SSSR count). The summed E-state index contributed by atoms with van der Waals surface area (Å²) >= 11 is 0. The van der Waals surface area contributed by atoms with Crippen LogP contribution < -0.4 is 5.32 Å². The first-order valence-electron chi connectivity index (χ1n) is 8.34. The number of fused-ring (bicyclic) bond motifs is 3. The molecule has 0 fully saturated rings. The maximum absolute atomic E-state index is 8.79. The third kappa shape index (κ3) is 3.30. The number of nitrogens with one attached hydrogen (secondary N) is 2. The fourth-order valence-electron chi connectivity index (χ4n) is 3.49. The molecule has 1 aliphatic carbocycles. The van der Waals surface area contributed by atoms with Gasteiger partial charge >= 0.3 is 0 Å². The van der Waals surface area contributed by atoms with E-state index in [2.05, 4.69) is 34.6 Å². The van der Waals surface area contributed by atoms with Crippen molar-refractivity contribution in [3.63, 3.8) is 0 Å². The Morgan fingerprint density at radius 2 is 2.00 bits per heavy atom. The first-order chi connectivity index (χ1) is 10.4. The molecule has 0 radical (unpaired) electrons. The Labute approximate surface area is 126 Å². The minimum atomic E-state index is 0.328. The number of aliphatic hydroxyl groups excluding tert-OH is 1. The van der Waals surface area contributed by atoms with Crippen molar-refractivity contribution in [1.29, 1.82) is 0 Å². The Morgan fingerprint density at radius 1 is 1.14 bits per heavy atom. The average molecular weight is 286 g/mol. The summed E-state index contributed by atoms with van der Waals surface area (Å²) in [6, 6.07) is 9.14. The van der Waals surface area contributed by atoms with Crippen LogP contribution in [0.3, 0.4) is 0 Å². The number of aromatic nitrogens is 1. The number of aliphatic hydroxyl groups is 1. The summed E-state index contributed by atoms with van der Waals surface area (Å²) < 4.78 is 0. The normalized spacial score (nSPS) is 18.0. The van der Waals surface area contributed by atoms with Gasteiger partial charge in [0.2, 0.25) is 0 Å². The van der Waals surface area contributed by atoms with Crippen molar-refractivity contribution < 1.29 is 5.11 Å². The van der Waals surface area contributed by atoms with E-state index in [0.717, 1.165) is 19.4 Å². The molecule has 3 heteroatoms. The molecule has 2 aromatic rings. The minimum Gasteiger partial charge on any atom is -0.396 e. The molecule has 3 N–H and O–H groups in total. The van der Waals surface area contributed by atoms with Gasteiger partial charge in [0.25, 0.3) is 0 Å². The van der Waals surface area contributed by atoms with Crippen LogP contribution in [0.15, 0.2) is 24.3 Å². The number of hydrogen-bond acceptors (Lipinski definition) is 2. The van der Waals surface area contributed by atoms with Gasteiger partial charge in [0.05, 0.1) is 0 Å². The molecule has 21 heavy (non-hydrogen) atoms. The van der Waals surface area contributed by atoms with Crippen LogP contribution in [0.4, 0.5) is 0 Å². The highest BCUT2D eigenvalue weighted by atomic mass is 16.2.